The first-order valence-corrected chi connectivity index (χ1v) is 3.25. The third-order valence-electron chi connectivity index (χ3n) is 1.18. The molecule has 0 aromatic rings. The molecule has 0 aromatic heterocycles. The van der Waals surface area contributed by atoms with Crippen LogP contribution in [0.4, 0.5) is 4.79 Å². The van der Waals surface area contributed by atoms with Gasteiger partial charge in [-0.3, -0.25) is 14.9 Å². The fourth-order valence-electron chi connectivity index (χ4n) is 0.554. The van der Waals surface area contributed by atoms with E-state index in [2.05, 4.69) is 5.73 Å². The van der Waals surface area contributed by atoms with Crippen LogP contribution in [-0.2, 0) is 42.3 Å². The SMILES string of the molecule is CC(CC(=O)NC(N)=O)C(=O)O.[Y]. The molecule has 0 bridgehead atoms. The first kappa shape index (κ1) is 15.0. The van der Waals surface area contributed by atoms with E-state index in [4.69, 9.17) is 5.11 Å². The number of aliphatic carboxylic acids is 1. The normalized spacial score (nSPS) is 10.8. The number of carboxylic acid groups (broad SMARTS) is 1. The number of nitrogens with one attached hydrogen (secondary N) is 1. The summed E-state index contributed by atoms with van der Waals surface area (Å²) in [5.41, 5.74) is 4.63. The Bertz CT molecular complexity index is 219. The monoisotopic (exact) mass is 263 g/mol. The number of carbonyl (C=O) groups excluding carboxylic acids is 2. The Balaban J connectivity index is 0. The van der Waals surface area contributed by atoms with Crippen LogP contribution in [0.15, 0.2) is 0 Å². The maximum Gasteiger partial charge on any atom is 0.318 e. The van der Waals surface area contributed by atoms with Crippen molar-refractivity contribution in [3.63, 3.8) is 0 Å². The van der Waals surface area contributed by atoms with Crippen LogP contribution in [0.25, 0.3) is 0 Å². The molecule has 0 fully saturated rings. The van der Waals surface area contributed by atoms with Crippen molar-refractivity contribution < 1.29 is 52.2 Å². The van der Waals surface area contributed by atoms with Crippen molar-refractivity contribution in [2.75, 3.05) is 0 Å². The zero-order chi connectivity index (χ0) is 9.72. The van der Waals surface area contributed by atoms with E-state index < -0.39 is 23.8 Å². The molecular formula is C6H10N2O4Y. The number of rotatable bonds is 3. The Labute approximate surface area is 100 Å². The maximum absolute atomic E-state index is 10.7. The van der Waals surface area contributed by atoms with Crippen LogP contribution >= 0.6 is 0 Å². The van der Waals surface area contributed by atoms with Crippen LogP contribution in [-0.4, -0.2) is 23.0 Å². The number of urea groups is 1. The van der Waals surface area contributed by atoms with E-state index in [-0.39, 0.29) is 39.1 Å². The Kier molecular flexibility index (Phi) is 8.05. The predicted octanol–water partition coefficient (Wildman–Crippen LogP) is -0.710. The van der Waals surface area contributed by atoms with Gasteiger partial charge < -0.3 is 10.8 Å². The predicted molar refractivity (Wildman–Crippen MR) is 39.1 cm³/mol. The molecule has 71 valence electrons. The fraction of sp³-hybridized carbons (Fsp3) is 0.500. The molecule has 0 aliphatic rings. The zero-order valence-corrected chi connectivity index (χ0v) is 9.95. The van der Waals surface area contributed by atoms with E-state index in [0.717, 1.165) is 0 Å². The van der Waals surface area contributed by atoms with Crippen LogP contribution in [0.5, 0.6) is 0 Å². The minimum Gasteiger partial charge on any atom is -0.481 e. The van der Waals surface area contributed by atoms with E-state index in [9.17, 15) is 14.4 Å². The van der Waals surface area contributed by atoms with Crippen molar-refractivity contribution in [3.05, 3.63) is 0 Å². The summed E-state index contributed by atoms with van der Waals surface area (Å²) in [6, 6.07) is -0.974. The first-order valence-electron chi connectivity index (χ1n) is 3.25. The molecule has 0 saturated carbocycles. The molecule has 0 heterocycles. The minimum absolute atomic E-state index is 0. The number of amides is 3. The summed E-state index contributed by atoms with van der Waals surface area (Å²) in [6.45, 7) is 1.36. The Morgan fingerprint density at radius 2 is 1.92 bits per heavy atom. The average Bonchev–Trinajstić information content (AvgIpc) is 1.84. The molecule has 0 spiro atoms. The van der Waals surface area contributed by atoms with Gasteiger partial charge in [-0.2, -0.15) is 0 Å². The topological polar surface area (TPSA) is 109 Å². The standard InChI is InChI=1S/C6H10N2O4.Y/c1-3(5(10)11)2-4(9)8-6(7)12;/h3H,2H2,1H3,(H,10,11)(H3,7,8,9,12);. The molecule has 4 N–H and O–H groups in total. The molecule has 0 rings (SSSR count). The second-order valence-corrected chi connectivity index (χ2v) is 2.36. The van der Waals surface area contributed by atoms with Gasteiger partial charge in [-0.15, -0.1) is 0 Å². The second-order valence-electron chi connectivity index (χ2n) is 2.36. The number of carboxylic acids is 1. The van der Waals surface area contributed by atoms with Gasteiger partial charge in [0.05, 0.1) is 5.92 Å². The van der Waals surface area contributed by atoms with Gasteiger partial charge in [0.2, 0.25) is 5.91 Å². The molecule has 0 aliphatic carbocycles. The van der Waals surface area contributed by atoms with Crippen molar-refractivity contribution in [2.24, 2.45) is 11.7 Å². The van der Waals surface area contributed by atoms with Crippen molar-refractivity contribution in [1.29, 1.82) is 0 Å². The van der Waals surface area contributed by atoms with Crippen LogP contribution in [0.2, 0.25) is 0 Å². The van der Waals surface area contributed by atoms with Gasteiger partial charge in [-0.1, -0.05) is 6.92 Å². The van der Waals surface area contributed by atoms with Gasteiger partial charge >= 0.3 is 12.0 Å². The van der Waals surface area contributed by atoms with Crippen molar-refractivity contribution >= 4 is 17.9 Å². The fourth-order valence-corrected chi connectivity index (χ4v) is 0.554. The van der Waals surface area contributed by atoms with E-state index in [0.29, 0.717) is 0 Å². The number of imide groups is 1. The molecule has 3 amide bonds. The van der Waals surface area contributed by atoms with E-state index in [1.807, 2.05) is 0 Å². The van der Waals surface area contributed by atoms with Gasteiger partial charge in [0, 0.05) is 39.1 Å². The number of primary amides is 1. The van der Waals surface area contributed by atoms with Gasteiger partial charge in [0.15, 0.2) is 0 Å². The summed E-state index contributed by atoms with van der Waals surface area (Å²) in [4.78, 5) is 31.0. The Morgan fingerprint density at radius 3 is 2.23 bits per heavy atom. The van der Waals surface area contributed by atoms with Gasteiger partial charge in [0.1, 0.15) is 0 Å². The molecule has 13 heavy (non-hydrogen) atoms. The van der Waals surface area contributed by atoms with Crippen LogP contribution < -0.4 is 11.1 Å². The van der Waals surface area contributed by atoms with Crippen LogP contribution in [0, 0.1) is 5.92 Å². The minimum atomic E-state index is -1.09. The molecule has 1 unspecified atom stereocenters. The van der Waals surface area contributed by atoms with E-state index in [1.54, 1.807) is 5.32 Å². The number of carbonyl (C=O) groups is 3. The quantitative estimate of drug-likeness (QED) is 0.624. The van der Waals surface area contributed by atoms with Crippen molar-refractivity contribution in [2.45, 2.75) is 13.3 Å². The molecule has 0 aromatic carbocycles. The third-order valence-corrected chi connectivity index (χ3v) is 1.18. The molecule has 1 atom stereocenters. The summed E-state index contributed by atoms with van der Waals surface area (Å²) >= 11 is 0. The van der Waals surface area contributed by atoms with E-state index in [1.165, 1.54) is 6.92 Å². The van der Waals surface area contributed by atoms with Gasteiger partial charge in [-0.05, 0) is 0 Å². The first-order chi connectivity index (χ1) is 5.43. The van der Waals surface area contributed by atoms with E-state index >= 15 is 0 Å². The summed E-state index contributed by atoms with van der Waals surface area (Å²) in [5, 5.41) is 10.1. The molecule has 0 saturated heterocycles. The molecule has 6 nitrogen and oxygen atoms in total. The van der Waals surface area contributed by atoms with Crippen molar-refractivity contribution in [3.8, 4) is 0 Å². The van der Waals surface area contributed by atoms with Crippen LogP contribution in [0.1, 0.15) is 13.3 Å². The summed E-state index contributed by atoms with van der Waals surface area (Å²) in [7, 11) is 0. The second kappa shape index (κ2) is 6.97. The van der Waals surface area contributed by atoms with Crippen molar-refractivity contribution in [1.82, 2.24) is 5.32 Å². The number of hydrogen-bond donors (Lipinski definition) is 3. The Hall–Kier alpha value is -0.486. The third kappa shape index (κ3) is 7.86. The molecule has 1 radical (unpaired) electrons. The molecular weight excluding hydrogens is 253 g/mol. The Morgan fingerprint density at radius 1 is 1.46 bits per heavy atom. The smallest absolute Gasteiger partial charge is 0.318 e. The maximum atomic E-state index is 10.7. The molecule has 7 heteroatoms. The average molecular weight is 263 g/mol. The zero-order valence-electron chi connectivity index (χ0n) is 7.11. The van der Waals surface area contributed by atoms with Gasteiger partial charge in [0.25, 0.3) is 0 Å². The molecule has 0 aliphatic heterocycles. The van der Waals surface area contributed by atoms with Gasteiger partial charge in [-0.25, -0.2) is 4.79 Å². The number of nitrogens with two attached hydrogens (primary N) is 1. The summed E-state index contributed by atoms with van der Waals surface area (Å²) in [6.07, 6.45) is -0.252. The summed E-state index contributed by atoms with van der Waals surface area (Å²) < 4.78 is 0. The summed E-state index contributed by atoms with van der Waals surface area (Å²) in [5.74, 6) is -2.59. The van der Waals surface area contributed by atoms with Crippen LogP contribution in [0.3, 0.4) is 0 Å². The number of hydrogen-bond acceptors (Lipinski definition) is 3. The largest absolute Gasteiger partial charge is 0.481 e.